The van der Waals surface area contributed by atoms with Crippen LogP contribution in [0.25, 0.3) is 0 Å². The second-order valence-corrected chi connectivity index (χ2v) is 7.34. The Morgan fingerprint density at radius 1 is 1.25 bits per heavy atom. The van der Waals surface area contributed by atoms with Crippen LogP contribution in [0.4, 0.5) is 0 Å². The van der Waals surface area contributed by atoms with E-state index < -0.39 is 0 Å². The zero-order valence-electron chi connectivity index (χ0n) is 12.0. The van der Waals surface area contributed by atoms with E-state index in [-0.39, 0.29) is 6.04 Å². The third-order valence-corrected chi connectivity index (χ3v) is 5.56. The maximum absolute atomic E-state index is 6.30. The van der Waals surface area contributed by atoms with E-state index >= 15 is 0 Å². The molecule has 1 aliphatic carbocycles. The molecule has 1 aromatic carbocycles. The maximum atomic E-state index is 6.30. The van der Waals surface area contributed by atoms with Gasteiger partial charge in [0.05, 0.1) is 6.04 Å². The molecule has 1 heterocycles. The van der Waals surface area contributed by atoms with Crippen LogP contribution in [0.2, 0.25) is 0 Å². The minimum atomic E-state index is -0.160. The summed E-state index contributed by atoms with van der Waals surface area (Å²) in [5.74, 6) is 0.539. The Hall–Kier alpha value is -1.26. The van der Waals surface area contributed by atoms with Gasteiger partial charge >= 0.3 is 0 Å². The monoisotopic (exact) mass is 287 g/mol. The predicted molar refractivity (Wildman–Crippen MR) is 82.8 cm³/mol. The van der Waals surface area contributed by atoms with Gasteiger partial charge in [0.1, 0.15) is 10.0 Å². The minimum Gasteiger partial charge on any atom is -0.318 e. The quantitative estimate of drug-likeness (QED) is 0.932. The molecule has 0 saturated heterocycles. The molecule has 1 aliphatic rings. The van der Waals surface area contributed by atoms with Crippen molar-refractivity contribution in [3.63, 3.8) is 0 Å². The molecule has 2 unspecified atom stereocenters. The molecule has 20 heavy (non-hydrogen) atoms. The van der Waals surface area contributed by atoms with Crippen molar-refractivity contribution >= 4 is 11.3 Å². The van der Waals surface area contributed by atoms with Gasteiger partial charge in [-0.3, -0.25) is 0 Å². The summed E-state index contributed by atoms with van der Waals surface area (Å²) in [6.45, 7) is 4.67. The Kier molecular flexibility index (Phi) is 3.61. The molecule has 0 radical (unpaired) electrons. The summed E-state index contributed by atoms with van der Waals surface area (Å²) < 4.78 is 0. The van der Waals surface area contributed by atoms with Crippen molar-refractivity contribution in [3.05, 3.63) is 45.9 Å². The maximum Gasteiger partial charge on any atom is 0.138 e. The summed E-state index contributed by atoms with van der Waals surface area (Å²) in [5.41, 5.74) is 7.74. The highest BCUT2D eigenvalue weighted by Crippen LogP contribution is 2.49. The first-order valence-corrected chi connectivity index (χ1v) is 8.03. The lowest BCUT2D eigenvalue weighted by Crippen LogP contribution is -2.15. The van der Waals surface area contributed by atoms with Crippen LogP contribution in [0.3, 0.4) is 0 Å². The minimum absolute atomic E-state index is 0.160. The molecule has 3 rings (SSSR count). The van der Waals surface area contributed by atoms with E-state index in [0.29, 0.717) is 11.3 Å². The Morgan fingerprint density at radius 3 is 2.65 bits per heavy atom. The molecule has 0 amide bonds. The molecule has 1 aromatic heterocycles. The molecular weight excluding hydrogens is 266 g/mol. The SMILES string of the molecule is CC1(C)CCCC1c1nnc(C(N)c2ccccc2)s1. The number of nitrogens with zero attached hydrogens (tertiary/aromatic N) is 2. The predicted octanol–water partition coefficient (Wildman–Crippen LogP) is 3.88. The van der Waals surface area contributed by atoms with E-state index in [2.05, 4.69) is 24.0 Å². The largest absolute Gasteiger partial charge is 0.318 e. The second kappa shape index (κ2) is 5.26. The van der Waals surface area contributed by atoms with E-state index in [0.717, 1.165) is 15.6 Å². The van der Waals surface area contributed by atoms with Crippen LogP contribution < -0.4 is 5.73 Å². The highest BCUT2D eigenvalue weighted by molar-refractivity contribution is 7.11. The first-order valence-electron chi connectivity index (χ1n) is 7.22. The Morgan fingerprint density at radius 2 is 2.00 bits per heavy atom. The number of rotatable bonds is 3. The van der Waals surface area contributed by atoms with Gasteiger partial charge in [0.15, 0.2) is 0 Å². The fourth-order valence-corrected chi connectivity index (χ4v) is 4.32. The number of nitrogens with two attached hydrogens (primary N) is 1. The standard InChI is InChI=1S/C16H21N3S/c1-16(2)10-6-9-12(16)14-18-19-15(20-14)13(17)11-7-4-3-5-8-11/h3-5,7-8,12-13H,6,9-10,17H2,1-2H3. The molecule has 3 nitrogen and oxygen atoms in total. The first kappa shape index (κ1) is 13.7. The fraction of sp³-hybridized carbons (Fsp3) is 0.500. The third-order valence-electron chi connectivity index (χ3n) is 4.44. The van der Waals surface area contributed by atoms with E-state index in [1.54, 1.807) is 11.3 Å². The molecule has 2 atom stereocenters. The van der Waals surface area contributed by atoms with Crippen LogP contribution in [-0.4, -0.2) is 10.2 Å². The number of hydrogen-bond donors (Lipinski definition) is 1. The first-order chi connectivity index (χ1) is 9.58. The van der Waals surface area contributed by atoms with Gasteiger partial charge in [-0.25, -0.2) is 0 Å². The van der Waals surface area contributed by atoms with Crippen LogP contribution in [0, 0.1) is 5.41 Å². The summed E-state index contributed by atoms with van der Waals surface area (Å²) in [7, 11) is 0. The van der Waals surface area contributed by atoms with Crippen molar-refractivity contribution in [2.45, 2.75) is 45.1 Å². The molecule has 106 valence electrons. The lowest BCUT2D eigenvalue weighted by atomic mass is 9.82. The van der Waals surface area contributed by atoms with Crippen LogP contribution in [0.1, 0.15) is 60.6 Å². The second-order valence-electron chi connectivity index (χ2n) is 6.30. The zero-order valence-corrected chi connectivity index (χ0v) is 12.9. The highest BCUT2D eigenvalue weighted by Gasteiger charge is 2.37. The average Bonchev–Trinajstić information content (AvgIpc) is 3.04. The average molecular weight is 287 g/mol. The van der Waals surface area contributed by atoms with Gasteiger partial charge in [0.25, 0.3) is 0 Å². The van der Waals surface area contributed by atoms with E-state index in [9.17, 15) is 0 Å². The van der Waals surface area contributed by atoms with Crippen molar-refractivity contribution in [1.82, 2.24) is 10.2 Å². The van der Waals surface area contributed by atoms with Crippen LogP contribution >= 0.6 is 11.3 Å². The lowest BCUT2D eigenvalue weighted by Gasteiger charge is -2.24. The number of benzene rings is 1. The van der Waals surface area contributed by atoms with Crippen LogP contribution in [-0.2, 0) is 0 Å². The van der Waals surface area contributed by atoms with Gasteiger partial charge in [-0.1, -0.05) is 61.9 Å². The molecule has 0 aliphatic heterocycles. The fourth-order valence-electron chi connectivity index (χ4n) is 3.10. The molecule has 1 fully saturated rings. The molecular formula is C16H21N3S. The summed E-state index contributed by atoms with van der Waals surface area (Å²) in [5, 5.41) is 10.9. The molecule has 1 saturated carbocycles. The normalized spacial score (nSPS) is 22.9. The van der Waals surface area contributed by atoms with E-state index in [1.165, 1.54) is 19.3 Å². The lowest BCUT2D eigenvalue weighted by molar-refractivity contribution is 0.330. The highest BCUT2D eigenvalue weighted by atomic mass is 32.1. The van der Waals surface area contributed by atoms with Gasteiger partial charge < -0.3 is 5.73 Å². The summed E-state index contributed by atoms with van der Waals surface area (Å²) in [6, 6.07) is 9.96. The molecule has 2 N–H and O–H groups in total. The van der Waals surface area contributed by atoms with E-state index in [1.807, 2.05) is 30.3 Å². The molecule has 2 aromatic rings. The van der Waals surface area contributed by atoms with Gasteiger partial charge in [0.2, 0.25) is 0 Å². The summed E-state index contributed by atoms with van der Waals surface area (Å²) in [6.07, 6.45) is 3.79. The van der Waals surface area contributed by atoms with Gasteiger partial charge in [-0.2, -0.15) is 0 Å². The summed E-state index contributed by atoms with van der Waals surface area (Å²) >= 11 is 1.69. The molecule has 4 heteroatoms. The zero-order chi connectivity index (χ0) is 14.2. The van der Waals surface area contributed by atoms with Crippen LogP contribution in [0.5, 0.6) is 0 Å². The Bertz CT molecular complexity index is 576. The van der Waals surface area contributed by atoms with E-state index in [4.69, 9.17) is 5.73 Å². The van der Waals surface area contributed by atoms with Crippen molar-refractivity contribution in [3.8, 4) is 0 Å². The summed E-state index contributed by atoms with van der Waals surface area (Å²) in [4.78, 5) is 0. The van der Waals surface area contributed by atoms with Crippen molar-refractivity contribution in [2.75, 3.05) is 0 Å². The number of hydrogen-bond acceptors (Lipinski definition) is 4. The third kappa shape index (κ3) is 2.50. The van der Waals surface area contributed by atoms with Gasteiger partial charge in [-0.15, -0.1) is 10.2 Å². The van der Waals surface area contributed by atoms with Crippen LogP contribution in [0.15, 0.2) is 30.3 Å². The Balaban J connectivity index is 1.84. The molecule has 0 spiro atoms. The van der Waals surface area contributed by atoms with Crippen molar-refractivity contribution in [1.29, 1.82) is 0 Å². The smallest absolute Gasteiger partial charge is 0.138 e. The molecule has 0 bridgehead atoms. The van der Waals surface area contributed by atoms with Crippen molar-refractivity contribution in [2.24, 2.45) is 11.1 Å². The topological polar surface area (TPSA) is 51.8 Å². The Labute approximate surface area is 124 Å². The number of aromatic nitrogens is 2. The van der Waals surface area contributed by atoms with Gasteiger partial charge in [0, 0.05) is 5.92 Å². The van der Waals surface area contributed by atoms with Gasteiger partial charge in [-0.05, 0) is 23.8 Å². The van der Waals surface area contributed by atoms with Crippen molar-refractivity contribution < 1.29 is 0 Å².